The topological polar surface area (TPSA) is 32.3 Å². The molecule has 1 amide bonds. The summed E-state index contributed by atoms with van der Waals surface area (Å²) in [5.74, 6) is 1.83. The van der Waals surface area contributed by atoms with Gasteiger partial charge in [0.05, 0.1) is 0 Å². The number of likely N-dealkylation sites (N-methyl/N-ethyl adjacent to an activating group) is 1. The largest absolute Gasteiger partial charge is 0.338 e. The number of hydrogen-bond donors (Lipinski definition) is 1. The van der Waals surface area contributed by atoms with E-state index < -0.39 is 0 Å². The monoisotopic (exact) mass is 284 g/mol. The minimum atomic E-state index is 0.270. The quantitative estimate of drug-likeness (QED) is 0.922. The second-order valence-corrected chi connectivity index (χ2v) is 6.84. The summed E-state index contributed by atoms with van der Waals surface area (Å²) in [6.07, 6.45) is 4.67. The van der Waals surface area contributed by atoms with Gasteiger partial charge < -0.3 is 10.2 Å². The van der Waals surface area contributed by atoms with Gasteiger partial charge in [0, 0.05) is 25.0 Å². The third-order valence-corrected chi connectivity index (χ3v) is 5.71. The second kappa shape index (κ2) is 5.13. The van der Waals surface area contributed by atoms with Gasteiger partial charge in [0.25, 0.3) is 0 Å². The molecule has 0 radical (unpaired) electrons. The molecule has 2 fully saturated rings. The number of rotatable bonds is 3. The number of fused-ring (bicyclic) bond motifs is 3. The first-order valence-electron chi connectivity index (χ1n) is 8.34. The zero-order valence-corrected chi connectivity index (χ0v) is 12.7. The fourth-order valence-corrected chi connectivity index (χ4v) is 4.67. The molecule has 1 aliphatic heterocycles. The predicted molar refractivity (Wildman–Crippen MR) is 83.1 cm³/mol. The molecule has 1 N–H and O–H groups in total. The number of carbonyl (C=O) groups is 1. The van der Waals surface area contributed by atoms with Gasteiger partial charge in [0.1, 0.15) is 0 Å². The van der Waals surface area contributed by atoms with Crippen LogP contribution in [-0.4, -0.2) is 37.0 Å². The molecule has 21 heavy (non-hydrogen) atoms. The van der Waals surface area contributed by atoms with Gasteiger partial charge in [-0.3, -0.25) is 4.79 Å². The number of aryl methyl sites for hydroxylation is 1. The summed E-state index contributed by atoms with van der Waals surface area (Å²) in [4.78, 5) is 15.1. The first-order chi connectivity index (χ1) is 10.3. The SMILES string of the molecule is CNCC1CCCN1C(=O)C1C2CCc3ccccc3C21. The van der Waals surface area contributed by atoms with E-state index in [0.29, 0.717) is 23.8 Å². The van der Waals surface area contributed by atoms with Gasteiger partial charge >= 0.3 is 0 Å². The standard InChI is InChI=1S/C18H24N2O/c1-19-11-13-6-4-10-20(13)18(21)17-15-9-8-12-5-2-3-7-14(12)16(15)17/h2-3,5,7,13,15-17,19H,4,6,8-11H2,1H3. The molecule has 2 aliphatic carbocycles. The normalized spacial score (nSPS) is 33.5. The Morgan fingerprint density at radius 1 is 1.33 bits per heavy atom. The van der Waals surface area contributed by atoms with E-state index in [2.05, 4.69) is 34.5 Å². The highest BCUT2D eigenvalue weighted by Crippen LogP contribution is 2.60. The Hall–Kier alpha value is -1.35. The van der Waals surface area contributed by atoms with E-state index in [4.69, 9.17) is 0 Å². The third-order valence-electron chi connectivity index (χ3n) is 5.71. The number of carbonyl (C=O) groups excluding carboxylic acids is 1. The van der Waals surface area contributed by atoms with Gasteiger partial charge in [0.15, 0.2) is 0 Å². The lowest BCUT2D eigenvalue weighted by molar-refractivity contribution is -0.133. The molecule has 3 aliphatic rings. The highest BCUT2D eigenvalue weighted by molar-refractivity contribution is 5.84. The van der Waals surface area contributed by atoms with E-state index in [1.807, 2.05) is 7.05 Å². The Morgan fingerprint density at radius 3 is 3.05 bits per heavy atom. The zero-order chi connectivity index (χ0) is 14.4. The molecular weight excluding hydrogens is 260 g/mol. The van der Waals surface area contributed by atoms with E-state index in [0.717, 1.165) is 32.4 Å². The van der Waals surface area contributed by atoms with Crippen molar-refractivity contribution in [1.29, 1.82) is 0 Å². The van der Waals surface area contributed by atoms with E-state index in [-0.39, 0.29) is 5.92 Å². The van der Waals surface area contributed by atoms with Crippen molar-refractivity contribution in [2.45, 2.75) is 37.6 Å². The fraction of sp³-hybridized carbons (Fsp3) is 0.611. The smallest absolute Gasteiger partial charge is 0.226 e. The van der Waals surface area contributed by atoms with Crippen molar-refractivity contribution in [2.75, 3.05) is 20.1 Å². The molecule has 4 unspecified atom stereocenters. The summed E-state index contributed by atoms with van der Waals surface area (Å²) in [6, 6.07) is 9.16. The number of hydrogen-bond acceptors (Lipinski definition) is 2. The van der Waals surface area contributed by atoms with E-state index in [9.17, 15) is 4.79 Å². The van der Waals surface area contributed by atoms with Crippen molar-refractivity contribution in [3.05, 3.63) is 35.4 Å². The van der Waals surface area contributed by atoms with E-state index in [1.165, 1.54) is 17.5 Å². The molecule has 1 aromatic rings. The van der Waals surface area contributed by atoms with Crippen LogP contribution >= 0.6 is 0 Å². The lowest BCUT2D eigenvalue weighted by Crippen LogP contribution is -2.42. The Kier molecular flexibility index (Phi) is 3.26. The molecular formula is C18H24N2O. The lowest BCUT2D eigenvalue weighted by atomic mass is 9.92. The van der Waals surface area contributed by atoms with Crippen molar-refractivity contribution in [3.8, 4) is 0 Å². The number of nitrogens with one attached hydrogen (secondary N) is 1. The summed E-state index contributed by atoms with van der Waals surface area (Å²) in [6.45, 7) is 1.90. The van der Waals surface area contributed by atoms with Crippen LogP contribution in [0.2, 0.25) is 0 Å². The predicted octanol–water partition coefficient (Wildman–Crippen LogP) is 2.17. The highest BCUT2D eigenvalue weighted by Gasteiger charge is 2.58. The Balaban J connectivity index is 1.53. The number of nitrogens with zero attached hydrogens (tertiary/aromatic N) is 1. The molecule has 1 saturated carbocycles. The Bertz CT molecular complexity index is 556. The van der Waals surface area contributed by atoms with Crippen LogP contribution in [0.15, 0.2) is 24.3 Å². The molecule has 112 valence electrons. The Labute approximate surface area is 126 Å². The van der Waals surface area contributed by atoms with Crippen LogP contribution < -0.4 is 5.32 Å². The molecule has 0 aromatic heterocycles. The van der Waals surface area contributed by atoms with Crippen molar-refractivity contribution < 1.29 is 4.79 Å². The number of amides is 1. The maximum Gasteiger partial charge on any atom is 0.226 e. The molecule has 3 heteroatoms. The molecule has 4 atom stereocenters. The summed E-state index contributed by atoms with van der Waals surface area (Å²) in [5.41, 5.74) is 2.93. The third kappa shape index (κ3) is 2.10. The summed E-state index contributed by atoms with van der Waals surface area (Å²) in [5, 5.41) is 3.24. The first kappa shape index (κ1) is 13.3. The Morgan fingerprint density at radius 2 is 2.19 bits per heavy atom. The second-order valence-electron chi connectivity index (χ2n) is 6.84. The van der Waals surface area contributed by atoms with Crippen LogP contribution in [-0.2, 0) is 11.2 Å². The van der Waals surface area contributed by atoms with Crippen molar-refractivity contribution in [1.82, 2.24) is 10.2 Å². The number of likely N-dealkylation sites (tertiary alicyclic amines) is 1. The van der Waals surface area contributed by atoms with Crippen molar-refractivity contribution in [3.63, 3.8) is 0 Å². The first-order valence-corrected chi connectivity index (χ1v) is 8.34. The summed E-state index contributed by atoms with van der Waals surface area (Å²) >= 11 is 0. The summed E-state index contributed by atoms with van der Waals surface area (Å²) in [7, 11) is 1.98. The highest BCUT2D eigenvalue weighted by atomic mass is 16.2. The molecule has 0 bridgehead atoms. The average molecular weight is 284 g/mol. The molecule has 1 aromatic carbocycles. The fourth-order valence-electron chi connectivity index (χ4n) is 4.67. The van der Waals surface area contributed by atoms with Crippen LogP contribution in [0.25, 0.3) is 0 Å². The minimum Gasteiger partial charge on any atom is -0.338 e. The van der Waals surface area contributed by atoms with E-state index in [1.54, 1.807) is 0 Å². The van der Waals surface area contributed by atoms with E-state index >= 15 is 0 Å². The molecule has 3 nitrogen and oxygen atoms in total. The van der Waals surface area contributed by atoms with Gasteiger partial charge in [-0.15, -0.1) is 0 Å². The van der Waals surface area contributed by atoms with Crippen molar-refractivity contribution in [2.24, 2.45) is 11.8 Å². The van der Waals surface area contributed by atoms with Crippen LogP contribution in [0.3, 0.4) is 0 Å². The van der Waals surface area contributed by atoms with Crippen LogP contribution in [0.5, 0.6) is 0 Å². The van der Waals surface area contributed by atoms with Crippen LogP contribution in [0.4, 0.5) is 0 Å². The maximum atomic E-state index is 13.0. The number of benzene rings is 1. The maximum absolute atomic E-state index is 13.0. The van der Waals surface area contributed by atoms with Crippen LogP contribution in [0, 0.1) is 11.8 Å². The molecule has 4 rings (SSSR count). The summed E-state index contributed by atoms with van der Waals surface area (Å²) < 4.78 is 0. The van der Waals surface area contributed by atoms with Gasteiger partial charge in [-0.25, -0.2) is 0 Å². The van der Waals surface area contributed by atoms with Gasteiger partial charge in [-0.1, -0.05) is 24.3 Å². The van der Waals surface area contributed by atoms with Gasteiger partial charge in [-0.2, -0.15) is 0 Å². The minimum absolute atomic E-state index is 0.270. The lowest BCUT2D eigenvalue weighted by Gasteiger charge is -2.25. The van der Waals surface area contributed by atoms with Gasteiger partial charge in [-0.05, 0) is 55.7 Å². The molecule has 1 saturated heterocycles. The van der Waals surface area contributed by atoms with Gasteiger partial charge in [0.2, 0.25) is 5.91 Å². The molecule has 0 spiro atoms. The van der Waals surface area contributed by atoms with Crippen LogP contribution in [0.1, 0.15) is 36.3 Å². The van der Waals surface area contributed by atoms with Crippen molar-refractivity contribution >= 4 is 5.91 Å². The molecule has 1 heterocycles. The average Bonchev–Trinajstić information content (AvgIpc) is 3.09. The zero-order valence-electron chi connectivity index (χ0n) is 12.7.